The second-order valence-corrected chi connectivity index (χ2v) is 2.81. The molecule has 2 N–H and O–H groups in total. The Labute approximate surface area is 109 Å². The molecule has 2 aliphatic heterocycles. The Morgan fingerprint density at radius 3 is 1.22 bits per heavy atom. The standard InChI is InChI=1S/2C4H7NO2.2C2H6/c2*6-4-3-7-2-1-5-4;2*1-2/h2*1-3H2,(H,5,6);2*1-2H3. The van der Waals surface area contributed by atoms with E-state index in [4.69, 9.17) is 9.47 Å². The Morgan fingerprint density at radius 2 is 1.11 bits per heavy atom. The van der Waals surface area contributed by atoms with E-state index in [-0.39, 0.29) is 25.0 Å². The molecule has 0 unspecified atom stereocenters. The van der Waals surface area contributed by atoms with Gasteiger partial charge < -0.3 is 20.1 Å². The van der Waals surface area contributed by atoms with E-state index in [1.165, 1.54) is 0 Å². The van der Waals surface area contributed by atoms with Crippen molar-refractivity contribution >= 4 is 11.8 Å². The average molecular weight is 262 g/mol. The maximum Gasteiger partial charge on any atom is 0.246 e. The first-order valence-electron chi connectivity index (χ1n) is 6.48. The van der Waals surface area contributed by atoms with Gasteiger partial charge in [0.2, 0.25) is 11.8 Å². The normalized spacial score (nSPS) is 17.3. The summed E-state index contributed by atoms with van der Waals surface area (Å²) in [6.45, 7) is 11.1. The smallest absolute Gasteiger partial charge is 0.246 e. The molecule has 2 heterocycles. The fourth-order valence-corrected chi connectivity index (χ4v) is 0.957. The highest BCUT2D eigenvalue weighted by molar-refractivity contribution is 5.77. The van der Waals surface area contributed by atoms with Crippen LogP contribution in [0.2, 0.25) is 0 Å². The van der Waals surface area contributed by atoms with Crippen molar-refractivity contribution in [3.8, 4) is 0 Å². The molecule has 6 nitrogen and oxygen atoms in total. The van der Waals surface area contributed by atoms with Crippen molar-refractivity contribution in [2.75, 3.05) is 39.5 Å². The Morgan fingerprint density at radius 1 is 0.778 bits per heavy atom. The summed E-state index contributed by atoms with van der Waals surface area (Å²) in [6.07, 6.45) is 0. The van der Waals surface area contributed by atoms with Crippen LogP contribution in [0.25, 0.3) is 0 Å². The third-order valence-electron chi connectivity index (χ3n) is 1.60. The van der Waals surface area contributed by atoms with Crippen molar-refractivity contribution in [1.29, 1.82) is 0 Å². The molecule has 18 heavy (non-hydrogen) atoms. The van der Waals surface area contributed by atoms with Crippen LogP contribution < -0.4 is 10.6 Å². The Hall–Kier alpha value is -1.14. The zero-order valence-corrected chi connectivity index (χ0v) is 11.9. The molecule has 0 saturated carbocycles. The molecule has 0 aromatic carbocycles. The van der Waals surface area contributed by atoms with Gasteiger partial charge in [-0.1, -0.05) is 27.7 Å². The summed E-state index contributed by atoms with van der Waals surface area (Å²) in [4.78, 5) is 20.5. The molecule has 0 atom stereocenters. The van der Waals surface area contributed by atoms with E-state index in [0.717, 1.165) is 0 Å². The summed E-state index contributed by atoms with van der Waals surface area (Å²) in [5.74, 6) is -0.0162. The number of rotatable bonds is 0. The lowest BCUT2D eigenvalue weighted by Crippen LogP contribution is -2.36. The van der Waals surface area contributed by atoms with Crippen LogP contribution in [0.3, 0.4) is 0 Å². The summed E-state index contributed by atoms with van der Waals surface area (Å²) < 4.78 is 9.54. The Balaban J connectivity index is 0. The van der Waals surface area contributed by atoms with Gasteiger partial charge in [-0.3, -0.25) is 9.59 Å². The molecule has 0 spiro atoms. The van der Waals surface area contributed by atoms with Crippen LogP contribution in [-0.2, 0) is 19.1 Å². The summed E-state index contributed by atoms with van der Waals surface area (Å²) in [6, 6.07) is 0. The van der Waals surface area contributed by atoms with Crippen LogP contribution in [0.15, 0.2) is 0 Å². The quantitative estimate of drug-likeness (QED) is 0.659. The van der Waals surface area contributed by atoms with Crippen LogP contribution >= 0.6 is 0 Å². The molecule has 2 fully saturated rings. The van der Waals surface area contributed by atoms with Gasteiger partial charge in [-0.25, -0.2) is 0 Å². The van der Waals surface area contributed by atoms with Crippen molar-refractivity contribution in [3.63, 3.8) is 0 Å². The van der Waals surface area contributed by atoms with Crippen molar-refractivity contribution in [2.45, 2.75) is 27.7 Å². The monoisotopic (exact) mass is 262 g/mol. The number of hydrogen-bond donors (Lipinski definition) is 2. The first-order valence-corrected chi connectivity index (χ1v) is 6.48. The molecule has 2 saturated heterocycles. The Kier molecular flexibility index (Phi) is 16.9. The van der Waals surface area contributed by atoms with E-state index in [0.29, 0.717) is 26.3 Å². The lowest BCUT2D eigenvalue weighted by atomic mass is 10.5. The van der Waals surface area contributed by atoms with Gasteiger partial charge in [0.1, 0.15) is 13.2 Å². The first-order chi connectivity index (χ1) is 8.79. The van der Waals surface area contributed by atoms with Gasteiger partial charge in [0.05, 0.1) is 13.2 Å². The molecule has 2 rings (SSSR count). The maximum atomic E-state index is 10.2. The second kappa shape index (κ2) is 15.9. The number of ether oxygens (including phenoxy) is 2. The van der Waals surface area contributed by atoms with Crippen LogP contribution in [0.1, 0.15) is 27.7 Å². The van der Waals surface area contributed by atoms with Crippen molar-refractivity contribution < 1.29 is 19.1 Å². The zero-order chi connectivity index (χ0) is 14.2. The maximum absolute atomic E-state index is 10.2. The second-order valence-electron chi connectivity index (χ2n) is 2.81. The number of amides is 2. The minimum absolute atomic E-state index is 0.00810. The number of morpholine rings is 2. The molecule has 2 amide bonds. The third-order valence-corrected chi connectivity index (χ3v) is 1.60. The fourth-order valence-electron chi connectivity index (χ4n) is 0.957. The SMILES string of the molecule is CC.CC.O=C1COCCN1.O=C1COCCN1. The minimum Gasteiger partial charge on any atom is -0.370 e. The van der Waals surface area contributed by atoms with Gasteiger partial charge in [0.15, 0.2) is 0 Å². The fraction of sp³-hybridized carbons (Fsp3) is 0.833. The predicted octanol–water partition coefficient (Wildman–Crippen LogP) is 0.318. The lowest BCUT2D eigenvalue weighted by molar-refractivity contribution is -0.129. The molecular formula is C12H26N2O4. The first kappa shape index (κ1) is 19.2. The van der Waals surface area contributed by atoms with Gasteiger partial charge in [-0.15, -0.1) is 0 Å². The highest BCUT2D eigenvalue weighted by atomic mass is 16.5. The van der Waals surface area contributed by atoms with Crippen LogP contribution in [-0.4, -0.2) is 51.3 Å². The number of carbonyl (C=O) groups excluding carboxylic acids is 2. The number of nitrogens with one attached hydrogen (secondary N) is 2. The highest BCUT2D eigenvalue weighted by Gasteiger charge is 2.04. The van der Waals surface area contributed by atoms with E-state index in [9.17, 15) is 9.59 Å². The van der Waals surface area contributed by atoms with E-state index in [1.54, 1.807) is 0 Å². The highest BCUT2D eigenvalue weighted by Crippen LogP contribution is 1.80. The summed E-state index contributed by atoms with van der Waals surface area (Å²) in [5, 5.41) is 5.24. The van der Waals surface area contributed by atoms with Gasteiger partial charge >= 0.3 is 0 Å². The predicted molar refractivity (Wildman–Crippen MR) is 70.4 cm³/mol. The van der Waals surface area contributed by atoms with Gasteiger partial charge in [-0.2, -0.15) is 0 Å². The minimum atomic E-state index is -0.00810. The summed E-state index contributed by atoms with van der Waals surface area (Å²) >= 11 is 0. The number of hydrogen-bond acceptors (Lipinski definition) is 4. The summed E-state index contributed by atoms with van der Waals surface area (Å²) in [7, 11) is 0. The molecule has 0 bridgehead atoms. The molecule has 0 radical (unpaired) electrons. The van der Waals surface area contributed by atoms with Crippen molar-refractivity contribution in [2.24, 2.45) is 0 Å². The molecule has 0 aromatic rings. The van der Waals surface area contributed by atoms with Crippen LogP contribution in [0.5, 0.6) is 0 Å². The van der Waals surface area contributed by atoms with Crippen LogP contribution in [0.4, 0.5) is 0 Å². The van der Waals surface area contributed by atoms with Crippen LogP contribution in [0, 0.1) is 0 Å². The number of carbonyl (C=O) groups is 2. The molecule has 108 valence electrons. The molecule has 0 aromatic heterocycles. The van der Waals surface area contributed by atoms with Crippen molar-refractivity contribution in [1.82, 2.24) is 10.6 Å². The van der Waals surface area contributed by atoms with Gasteiger partial charge in [0, 0.05) is 13.1 Å². The van der Waals surface area contributed by atoms with E-state index < -0.39 is 0 Å². The Bertz CT molecular complexity index is 172. The molecule has 6 heteroatoms. The third kappa shape index (κ3) is 12.9. The van der Waals surface area contributed by atoms with Gasteiger partial charge in [-0.05, 0) is 0 Å². The lowest BCUT2D eigenvalue weighted by Gasteiger charge is -2.10. The van der Waals surface area contributed by atoms with E-state index >= 15 is 0 Å². The molecular weight excluding hydrogens is 236 g/mol. The van der Waals surface area contributed by atoms with E-state index in [2.05, 4.69) is 10.6 Å². The topological polar surface area (TPSA) is 76.7 Å². The van der Waals surface area contributed by atoms with Crippen molar-refractivity contribution in [3.05, 3.63) is 0 Å². The average Bonchev–Trinajstić information content (AvgIpc) is 2.46. The largest absolute Gasteiger partial charge is 0.370 e. The molecule has 2 aliphatic rings. The molecule has 0 aliphatic carbocycles. The summed E-state index contributed by atoms with van der Waals surface area (Å²) in [5.41, 5.74) is 0. The van der Waals surface area contributed by atoms with E-state index in [1.807, 2.05) is 27.7 Å². The zero-order valence-electron chi connectivity index (χ0n) is 11.9. The van der Waals surface area contributed by atoms with Gasteiger partial charge in [0.25, 0.3) is 0 Å².